The van der Waals surface area contributed by atoms with E-state index in [2.05, 4.69) is 25.0 Å². The third kappa shape index (κ3) is 3.42. The molecular weight excluding hydrogens is 369 g/mol. The van der Waals surface area contributed by atoms with Gasteiger partial charge in [0.1, 0.15) is 5.82 Å². The Bertz CT molecular complexity index is 960. The van der Waals surface area contributed by atoms with E-state index in [1.807, 2.05) is 24.6 Å². The van der Waals surface area contributed by atoms with Gasteiger partial charge in [0, 0.05) is 44.5 Å². The smallest absolute Gasteiger partial charge is 0.350 e. The summed E-state index contributed by atoms with van der Waals surface area (Å²) in [6.07, 6.45) is 0.116. The minimum atomic E-state index is -4.30. The second kappa shape index (κ2) is 7.05. The van der Waals surface area contributed by atoms with E-state index in [0.717, 1.165) is 54.5 Å². The van der Waals surface area contributed by atoms with Gasteiger partial charge in [-0.3, -0.25) is 9.30 Å². The average molecular weight is 390 g/mol. The summed E-state index contributed by atoms with van der Waals surface area (Å²) in [7, 11) is 1.99. The van der Waals surface area contributed by atoms with Crippen molar-refractivity contribution in [3.05, 3.63) is 53.6 Å². The van der Waals surface area contributed by atoms with Gasteiger partial charge in [-0.1, -0.05) is 19.1 Å². The van der Waals surface area contributed by atoms with Crippen LogP contribution in [0.5, 0.6) is 0 Å². The van der Waals surface area contributed by atoms with Gasteiger partial charge in [-0.15, -0.1) is 10.2 Å². The number of nitrogens with zero attached hydrogens (tertiary/aromatic N) is 6. The molecule has 1 aliphatic heterocycles. The minimum Gasteiger partial charge on any atom is -0.350 e. The number of hydrogen-bond acceptors (Lipinski definition) is 5. The van der Waals surface area contributed by atoms with Gasteiger partial charge in [-0.05, 0) is 24.7 Å². The molecule has 9 heteroatoms. The Balaban J connectivity index is 1.39. The number of likely N-dealkylation sites (N-methyl/N-ethyl adjacent to an activating group) is 1. The van der Waals surface area contributed by atoms with Crippen LogP contribution in [0.25, 0.3) is 5.65 Å². The Morgan fingerprint density at radius 2 is 1.86 bits per heavy atom. The van der Waals surface area contributed by atoms with Gasteiger partial charge in [0.25, 0.3) is 0 Å². The maximum atomic E-state index is 12.7. The maximum absolute atomic E-state index is 12.7. The molecule has 0 atom stereocenters. The molecule has 1 fully saturated rings. The molecule has 28 heavy (non-hydrogen) atoms. The summed E-state index contributed by atoms with van der Waals surface area (Å²) < 4.78 is 40.0. The first kappa shape index (κ1) is 18.7. The molecule has 0 unspecified atom stereocenters. The molecule has 0 radical (unpaired) electrons. The van der Waals surface area contributed by atoms with Crippen LogP contribution in [0.2, 0.25) is 0 Å². The molecule has 2 aromatic heterocycles. The second-order valence-corrected chi connectivity index (χ2v) is 7.08. The third-order valence-electron chi connectivity index (χ3n) is 5.19. The van der Waals surface area contributed by atoms with Crippen LogP contribution >= 0.6 is 0 Å². The van der Waals surface area contributed by atoms with Crippen molar-refractivity contribution in [1.82, 2.24) is 24.5 Å². The summed E-state index contributed by atoms with van der Waals surface area (Å²) >= 11 is 0. The van der Waals surface area contributed by atoms with Crippen molar-refractivity contribution in [3.8, 4) is 0 Å². The lowest BCUT2D eigenvalue weighted by atomic mass is 10.1. The zero-order valence-corrected chi connectivity index (χ0v) is 15.7. The number of fused-ring (bicyclic) bond motifs is 1. The van der Waals surface area contributed by atoms with Crippen LogP contribution < -0.4 is 4.90 Å². The Kier molecular flexibility index (Phi) is 4.70. The van der Waals surface area contributed by atoms with Crippen molar-refractivity contribution in [2.45, 2.75) is 32.1 Å². The fraction of sp³-hybridized carbons (Fsp3) is 0.421. The predicted octanol–water partition coefficient (Wildman–Crippen LogP) is 3.03. The van der Waals surface area contributed by atoms with E-state index in [1.165, 1.54) is 0 Å². The normalized spacial score (nSPS) is 15.4. The van der Waals surface area contributed by atoms with Crippen LogP contribution in [-0.4, -0.2) is 50.7 Å². The Labute approximate surface area is 160 Å². The van der Waals surface area contributed by atoms with Crippen LogP contribution in [0.15, 0.2) is 36.7 Å². The summed E-state index contributed by atoms with van der Waals surface area (Å²) in [5.41, 5.74) is 0.995. The van der Waals surface area contributed by atoms with Crippen LogP contribution in [0, 0.1) is 0 Å². The molecule has 0 aliphatic carbocycles. The number of aryl methyl sites for hydroxylation is 1. The monoisotopic (exact) mass is 390 g/mol. The lowest BCUT2D eigenvalue weighted by Crippen LogP contribution is -2.58. The van der Waals surface area contributed by atoms with Crippen LogP contribution in [-0.2, 0) is 19.1 Å². The van der Waals surface area contributed by atoms with E-state index in [1.54, 1.807) is 18.3 Å². The molecule has 0 bridgehead atoms. The van der Waals surface area contributed by atoms with Gasteiger partial charge in [-0.25, -0.2) is 4.98 Å². The molecule has 0 saturated carbocycles. The van der Waals surface area contributed by atoms with Crippen LogP contribution in [0.4, 0.5) is 19.0 Å². The quantitative estimate of drug-likeness (QED) is 0.670. The largest absolute Gasteiger partial charge is 0.416 e. The third-order valence-corrected chi connectivity index (χ3v) is 5.19. The second-order valence-electron chi connectivity index (χ2n) is 7.08. The number of aromatic nitrogens is 4. The van der Waals surface area contributed by atoms with Crippen LogP contribution in [0.1, 0.15) is 23.9 Å². The Morgan fingerprint density at radius 1 is 1.14 bits per heavy atom. The minimum absolute atomic E-state index is 0.304. The molecule has 6 nitrogen and oxygen atoms in total. The Hall–Kier alpha value is -2.68. The van der Waals surface area contributed by atoms with Crippen molar-refractivity contribution >= 4 is 11.5 Å². The van der Waals surface area contributed by atoms with Crippen molar-refractivity contribution in [2.75, 3.05) is 25.0 Å². The highest BCUT2D eigenvalue weighted by atomic mass is 19.4. The van der Waals surface area contributed by atoms with Gasteiger partial charge >= 0.3 is 6.18 Å². The number of benzene rings is 1. The fourth-order valence-corrected chi connectivity index (χ4v) is 3.45. The zero-order valence-electron chi connectivity index (χ0n) is 15.7. The highest BCUT2D eigenvalue weighted by molar-refractivity contribution is 5.65. The summed E-state index contributed by atoms with van der Waals surface area (Å²) in [4.78, 5) is 8.77. The van der Waals surface area contributed by atoms with Gasteiger partial charge in [0.05, 0.1) is 5.56 Å². The molecule has 3 heterocycles. The zero-order chi connectivity index (χ0) is 19.9. The number of anilines is 1. The molecule has 4 rings (SSSR count). The molecule has 148 valence electrons. The van der Waals surface area contributed by atoms with E-state index in [9.17, 15) is 13.2 Å². The first-order chi connectivity index (χ1) is 13.4. The first-order valence-electron chi connectivity index (χ1n) is 9.16. The first-order valence-corrected chi connectivity index (χ1v) is 9.16. The lowest BCUT2D eigenvalue weighted by Gasteiger charge is -2.44. The maximum Gasteiger partial charge on any atom is 0.416 e. The summed E-state index contributed by atoms with van der Waals surface area (Å²) in [6, 6.07) is 5.66. The standard InChI is InChI=1S/C19H21F3N6/c1-3-16-24-25-18-17(23-8-9-28(16)18)27-11-15(12-27)26(2)10-13-4-6-14(7-5-13)19(20,21)22/h4-9,15H,3,10-12H2,1-2H3. The molecule has 1 saturated heterocycles. The molecule has 0 amide bonds. The van der Waals surface area contributed by atoms with Crippen LogP contribution in [0.3, 0.4) is 0 Å². The van der Waals surface area contributed by atoms with Crippen molar-refractivity contribution in [2.24, 2.45) is 0 Å². The number of alkyl halides is 3. The van der Waals surface area contributed by atoms with Crippen molar-refractivity contribution in [1.29, 1.82) is 0 Å². The van der Waals surface area contributed by atoms with E-state index < -0.39 is 11.7 Å². The van der Waals surface area contributed by atoms with Gasteiger partial charge in [0.15, 0.2) is 5.82 Å². The van der Waals surface area contributed by atoms with E-state index >= 15 is 0 Å². The SMILES string of the molecule is CCc1nnc2c(N3CC(N(C)Cc4ccc(C(F)(F)F)cc4)C3)nccn12. The topological polar surface area (TPSA) is 49.6 Å². The molecule has 0 spiro atoms. The van der Waals surface area contributed by atoms with Gasteiger partial charge in [-0.2, -0.15) is 13.2 Å². The van der Waals surface area contributed by atoms with Crippen molar-refractivity contribution < 1.29 is 13.2 Å². The highest BCUT2D eigenvalue weighted by Crippen LogP contribution is 2.30. The molecule has 3 aromatic rings. The Morgan fingerprint density at radius 3 is 2.50 bits per heavy atom. The average Bonchev–Trinajstić information content (AvgIpc) is 3.04. The molecule has 1 aliphatic rings. The number of hydrogen-bond donors (Lipinski definition) is 0. The molecular formula is C19H21F3N6. The highest BCUT2D eigenvalue weighted by Gasteiger charge is 2.33. The molecule has 1 aromatic carbocycles. The van der Waals surface area contributed by atoms with Gasteiger partial charge < -0.3 is 4.90 Å². The summed E-state index contributed by atoms with van der Waals surface area (Å²) in [6.45, 7) is 4.21. The van der Waals surface area contributed by atoms with Gasteiger partial charge in [0.2, 0.25) is 5.65 Å². The summed E-state index contributed by atoms with van der Waals surface area (Å²) in [5.74, 6) is 1.71. The molecule has 0 N–H and O–H groups in total. The van der Waals surface area contributed by atoms with E-state index in [-0.39, 0.29) is 0 Å². The number of rotatable bonds is 5. The van der Waals surface area contributed by atoms with Crippen molar-refractivity contribution in [3.63, 3.8) is 0 Å². The number of halogens is 3. The summed E-state index contributed by atoms with van der Waals surface area (Å²) in [5, 5.41) is 8.47. The van der Waals surface area contributed by atoms with E-state index in [4.69, 9.17) is 0 Å². The fourth-order valence-electron chi connectivity index (χ4n) is 3.45. The predicted molar refractivity (Wildman–Crippen MR) is 99.1 cm³/mol. The lowest BCUT2D eigenvalue weighted by molar-refractivity contribution is -0.137. The van der Waals surface area contributed by atoms with E-state index in [0.29, 0.717) is 12.6 Å².